The highest BCUT2D eigenvalue weighted by Crippen LogP contribution is 2.28. The second-order valence-electron chi connectivity index (χ2n) is 5.88. The molecular formula is C14H24N4O. The van der Waals surface area contributed by atoms with E-state index in [0.29, 0.717) is 0 Å². The predicted molar refractivity (Wildman–Crippen MR) is 72.8 cm³/mol. The van der Waals surface area contributed by atoms with Gasteiger partial charge in [0.2, 0.25) is 0 Å². The molecule has 19 heavy (non-hydrogen) atoms. The van der Waals surface area contributed by atoms with Crippen LogP contribution in [-0.4, -0.2) is 46.3 Å². The fourth-order valence-electron chi connectivity index (χ4n) is 3.23. The van der Waals surface area contributed by atoms with E-state index in [1.807, 2.05) is 6.92 Å². The number of rotatable bonds is 4. The van der Waals surface area contributed by atoms with Gasteiger partial charge in [0.1, 0.15) is 11.9 Å². The maximum absolute atomic E-state index is 5.79. The fraction of sp³-hybridized carbons (Fsp3) is 0.857. The second-order valence-corrected chi connectivity index (χ2v) is 5.88. The quantitative estimate of drug-likeness (QED) is 0.904. The van der Waals surface area contributed by atoms with Crippen molar-refractivity contribution in [1.29, 1.82) is 0 Å². The topological polar surface area (TPSA) is 54.0 Å². The first-order valence-electron chi connectivity index (χ1n) is 7.54. The van der Waals surface area contributed by atoms with E-state index in [1.165, 1.54) is 38.6 Å². The van der Waals surface area contributed by atoms with Crippen molar-refractivity contribution in [2.45, 2.75) is 45.1 Å². The lowest BCUT2D eigenvalue weighted by molar-refractivity contribution is -0.0354. The number of H-pyrrole nitrogens is 1. The molecule has 5 heteroatoms. The molecule has 2 aliphatic rings. The molecule has 1 aromatic rings. The van der Waals surface area contributed by atoms with Gasteiger partial charge in [-0.2, -0.15) is 5.10 Å². The Hall–Kier alpha value is -0.940. The zero-order chi connectivity index (χ0) is 13.1. The maximum atomic E-state index is 5.79. The summed E-state index contributed by atoms with van der Waals surface area (Å²) in [6.45, 7) is 5.91. The molecule has 0 bridgehead atoms. The normalized spacial score (nSPS) is 26.1. The van der Waals surface area contributed by atoms with Gasteiger partial charge in [0.25, 0.3) is 0 Å². The summed E-state index contributed by atoms with van der Waals surface area (Å²) in [5.41, 5.74) is 0. The van der Waals surface area contributed by atoms with Gasteiger partial charge in [-0.1, -0.05) is 25.7 Å². The van der Waals surface area contributed by atoms with Crippen molar-refractivity contribution in [3.8, 4) is 0 Å². The molecule has 1 aliphatic carbocycles. The van der Waals surface area contributed by atoms with Crippen LogP contribution >= 0.6 is 0 Å². The van der Waals surface area contributed by atoms with E-state index in [1.54, 1.807) is 0 Å². The van der Waals surface area contributed by atoms with Crippen LogP contribution in [0.25, 0.3) is 0 Å². The second kappa shape index (κ2) is 6.01. The van der Waals surface area contributed by atoms with Crippen molar-refractivity contribution in [1.82, 2.24) is 20.1 Å². The van der Waals surface area contributed by atoms with E-state index in [4.69, 9.17) is 4.74 Å². The number of hydrogen-bond donors (Lipinski definition) is 1. The number of morpholine rings is 1. The Bertz CT molecular complexity index is 400. The van der Waals surface area contributed by atoms with E-state index in [9.17, 15) is 0 Å². The van der Waals surface area contributed by atoms with Crippen LogP contribution in [-0.2, 0) is 4.74 Å². The zero-order valence-electron chi connectivity index (χ0n) is 11.8. The Labute approximate surface area is 114 Å². The molecule has 1 aromatic heterocycles. The molecule has 1 unspecified atom stereocenters. The summed E-state index contributed by atoms with van der Waals surface area (Å²) in [6, 6.07) is 0. The third-order valence-corrected chi connectivity index (χ3v) is 4.38. The highest BCUT2D eigenvalue weighted by atomic mass is 16.5. The van der Waals surface area contributed by atoms with Crippen molar-refractivity contribution >= 4 is 0 Å². The molecular weight excluding hydrogens is 240 g/mol. The molecule has 2 fully saturated rings. The summed E-state index contributed by atoms with van der Waals surface area (Å²) in [6.07, 6.45) is 7.14. The molecule has 0 aromatic carbocycles. The number of aromatic nitrogens is 3. The van der Waals surface area contributed by atoms with Gasteiger partial charge in [-0.3, -0.25) is 10.00 Å². The first kappa shape index (κ1) is 13.1. The van der Waals surface area contributed by atoms with Gasteiger partial charge < -0.3 is 4.74 Å². The largest absolute Gasteiger partial charge is 0.367 e. The lowest BCUT2D eigenvalue weighted by atomic mass is 10.0. The first-order valence-corrected chi connectivity index (χ1v) is 7.54. The number of nitrogens with zero attached hydrogens (tertiary/aromatic N) is 3. The minimum atomic E-state index is 0.0438. The van der Waals surface area contributed by atoms with E-state index >= 15 is 0 Å². The lowest BCUT2D eigenvalue weighted by Crippen LogP contribution is -2.39. The van der Waals surface area contributed by atoms with E-state index < -0.39 is 0 Å². The van der Waals surface area contributed by atoms with Gasteiger partial charge in [0, 0.05) is 13.1 Å². The van der Waals surface area contributed by atoms with Gasteiger partial charge in [-0.05, 0) is 25.8 Å². The number of aryl methyl sites for hydroxylation is 1. The van der Waals surface area contributed by atoms with Crippen molar-refractivity contribution in [2.75, 3.05) is 26.2 Å². The minimum Gasteiger partial charge on any atom is -0.367 e. The van der Waals surface area contributed by atoms with E-state index in [0.717, 1.165) is 37.3 Å². The Morgan fingerprint density at radius 2 is 2.21 bits per heavy atom. The molecule has 3 rings (SSSR count). The van der Waals surface area contributed by atoms with Crippen LogP contribution in [0.3, 0.4) is 0 Å². The van der Waals surface area contributed by atoms with Gasteiger partial charge >= 0.3 is 0 Å². The first-order chi connectivity index (χ1) is 9.31. The Morgan fingerprint density at radius 1 is 1.37 bits per heavy atom. The molecule has 0 amide bonds. The summed E-state index contributed by atoms with van der Waals surface area (Å²) < 4.78 is 5.79. The summed E-state index contributed by atoms with van der Waals surface area (Å²) in [4.78, 5) is 6.90. The molecule has 1 atom stereocenters. The minimum absolute atomic E-state index is 0.0438. The molecule has 0 radical (unpaired) electrons. The molecule has 1 aliphatic heterocycles. The van der Waals surface area contributed by atoms with Crippen molar-refractivity contribution in [3.05, 3.63) is 11.6 Å². The average Bonchev–Trinajstić information content (AvgIpc) is 3.08. The lowest BCUT2D eigenvalue weighted by Gasteiger charge is -2.32. The number of hydrogen-bond acceptors (Lipinski definition) is 4. The Balaban J connectivity index is 1.50. The fourth-order valence-corrected chi connectivity index (χ4v) is 3.23. The molecule has 106 valence electrons. The standard InChI is InChI=1S/C14H24N4O/c1-11-15-14(17-16-11)13-10-18(8-9-19-13)7-6-12-4-2-3-5-12/h12-13H,2-10H2,1H3,(H,15,16,17). The molecule has 1 saturated heterocycles. The average molecular weight is 264 g/mol. The number of ether oxygens (including phenoxy) is 1. The van der Waals surface area contributed by atoms with Crippen LogP contribution in [0.2, 0.25) is 0 Å². The van der Waals surface area contributed by atoms with Crippen LogP contribution in [0.1, 0.15) is 49.9 Å². The van der Waals surface area contributed by atoms with Gasteiger partial charge in [0.15, 0.2) is 5.82 Å². The molecule has 1 N–H and O–H groups in total. The third-order valence-electron chi connectivity index (χ3n) is 4.38. The third kappa shape index (κ3) is 3.34. The molecule has 2 heterocycles. The molecule has 0 spiro atoms. The SMILES string of the molecule is Cc1nc(C2CN(CCC3CCCC3)CCO2)n[nH]1. The van der Waals surface area contributed by atoms with Crippen LogP contribution in [0.5, 0.6) is 0 Å². The summed E-state index contributed by atoms with van der Waals surface area (Å²) in [5.74, 6) is 2.64. The van der Waals surface area contributed by atoms with Crippen LogP contribution in [0.4, 0.5) is 0 Å². The highest BCUT2D eigenvalue weighted by molar-refractivity contribution is 4.95. The highest BCUT2D eigenvalue weighted by Gasteiger charge is 2.25. The van der Waals surface area contributed by atoms with Crippen molar-refractivity contribution in [2.24, 2.45) is 5.92 Å². The predicted octanol–water partition coefficient (Wildman–Crippen LogP) is 2.07. The van der Waals surface area contributed by atoms with Crippen molar-refractivity contribution in [3.63, 3.8) is 0 Å². The van der Waals surface area contributed by atoms with E-state index in [2.05, 4.69) is 20.1 Å². The van der Waals surface area contributed by atoms with Crippen LogP contribution in [0.15, 0.2) is 0 Å². The van der Waals surface area contributed by atoms with Gasteiger partial charge in [-0.25, -0.2) is 4.98 Å². The van der Waals surface area contributed by atoms with E-state index in [-0.39, 0.29) is 6.10 Å². The van der Waals surface area contributed by atoms with Gasteiger partial charge in [0.05, 0.1) is 6.61 Å². The molecule has 5 nitrogen and oxygen atoms in total. The zero-order valence-corrected chi connectivity index (χ0v) is 11.8. The van der Waals surface area contributed by atoms with Crippen LogP contribution < -0.4 is 0 Å². The van der Waals surface area contributed by atoms with Gasteiger partial charge in [-0.15, -0.1) is 0 Å². The summed E-state index contributed by atoms with van der Waals surface area (Å²) >= 11 is 0. The monoisotopic (exact) mass is 264 g/mol. The number of aromatic amines is 1. The Kier molecular flexibility index (Phi) is 4.13. The van der Waals surface area contributed by atoms with Crippen LogP contribution in [0, 0.1) is 12.8 Å². The maximum Gasteiger partial charge on any atom is 0.180 e. The summed E-state index contributed by atoms with van der Waals surface area (Å²) in [7, 11) is 0. The van der Waals surface area contributed by atoms with Crippen molar-refractivity contribution < 1.29 is 4.74 Å². The summed E-state index contributed by atoms with van der Waals surface area (Å²) in [5, 5.41) is 7.12. The Morgan fingerprint density at radius 3 is 2.95 bits per heavy atom. The molecule has 1 saturated carbocycles. The number of nitrogens with one attached hydrogen (secondary N) is 1. The smallest absolute Gasteiger partial charge is 0.180 e.